The Morgan fingerprint density at radius 3 is 2.28 bits per heavy atom. The van der Waals surface area contributed by atoms with E-state index >= 15 is 0 Å². The van der Waals surface area contributed by atoms with Crippen molar-refractivity contribution < 1.29 is 26.6 Å². The summed E-state index contributed by atoms with van der Waals surface area (Å²) in [4.78, 5) is 21.8. The molecule has 1 amide bonds. The Morgan fingerprint density at radius 1 is 1.20 bits per heavy atom. The molecule has 0 radical (unpaired) electrons. The smallest absolute Gasteiger partial charge is 0.231 e. The summed E-state index contributed by atoms with van der Waals surface area (Å²) < 4.78 is 30.3. The molecule has 8 nitrogen and oxygen atoms in total. The molecular weight excluding hydrogens is 411 g/mol. The van der Waals surface area contributed by atoms with Gasteiger partial charge in [0.15, 0.2) is 0 Å². The molecule has 1 aromatic heterocycles. The molecule has 0 spiro atoms. The van der Waals surface area contributed by atoms with Gasteiger partial charge in [-0.1, -0.05) is 0 Å². The summed E-state index contributed by atoms with van der Waals surface area (Å²) in [5.74, 6) is -0.175. The van der Waals surface area contributed by atoms with Gasteiger partial charge in [0, 0.05) is 18.8 Å². The van der Waals surface area contributed by atoms with Crippen molar-refractivity contribution in [2.45, 2.75) is 13.3 Å². The molecule has 0 aliphatic rings. The first-order valence-corrected chi connectivity index (χ1v) is 11.1. The van der Waals surface area contributed by atoms with Gasteiger partial charge < -0.3 is 0 Å². The van der Waals surface area contributed by atoms with Crippen LogP contribution in [0.25, 0.3) is 0 Å². The zero-order valence-electron chi connectivity index (χ0n) is 13.4. The number of para-hydroxylation sites is 1. The molecule has 0 aliphatic heterocycles. The molecule has 0 fully saturated rings. The largest absolute Gasteiger partial charge is 0.295 e. The maximum absolute atomic E-state index is 11.1. The molecule has 0 unspecified atom stereocenters. The zero-order valence-corrected chi connectivity index (χ0v) is 16.1. The van der Waals surface area contributed by atoms with Gasteiger partial charge in [-0.3, -0.25) is 9.36 Å². The molecule has 10 heteroatoms. The van der Waals surface area contributed by atoms with E-state index in [1.54, 1.807) is 17.0 Å². The van der Waals surface area contributed by atoms with E-state index in [1.165, 1.54) is 25.1 Å². The monoisotopic (exact) mass is 430 g/mol. The Morgan fingerprint density at radius 2 is 1.80 bits per heavy atom. The summed E-state index contributed by atoms with van der Waals surface area (Å²) in [5.41, 5.74) is -0.225. The van der Waals surface area contributed by atoms with Crippen molar-refractivity contribution in [2.24, 2.45) is 0 Å². The minimum atomic E-state index is -5.14. The third-order valence-corrected chi connectivity index (χ3v) is 5.18. The molecule has 0 atom stereocenters. The summed E-state index contributed by atoms with van der Waals surface area (Å²) in [7, 11) is 0. The molecule has 0 aliphatic carbocycles. The van der Waals surface area contributed by atoms with E-state index < -0.39 is 20.1 Å². The standard InChI is InChI=1S/C8H10AsNO5.C7H9NOS/c1-5(11)10-8-6(9(13,14)15)3-2-4-7(8)12;9-7(3-6-10)8-4-1-2-5-8/h2-4,12H,1H3,(H,10,11)(H2,13,14,15);1-2,4-5,10H,3,6H2. The second-order valence-electron chi connectivity index (χ2n) is 4.85. The predicted molar refractivity (Wildman–Crippen MR) is 96.5 cm³/mol. The first-order chi connectivity index (χ1) is 11.7. The minimum absolute atomic E-state index is 0.0972. The third kappa shape index (κ3) is 6.83. The van der Waals surface area contributed by atoms with Crippen molar-refractivity contribution in [1.29, 1.82) is 0 Å². The van der Waals surface area contributed by atoms with Gasteiger partial charge in [-0.05, 0) is 17.9 Å². The summed E-state index contributed by atoms with van der Waals surface area (Å²) in [6.45, 7) is 1.18. The van der Waals surface area contributed by atoms with Crippen LogP contribution in [0.4, 0.5) is 5.69 Å². The molecule has 0 saturated carbocycles. The van der Waals surface area contributed by atoms with Gasteiger partial charge in [-0.15, -0.1) is 0 Å². The molecule has 25 heavy (non-hydrogen) atoms. The van der Waals surface area contributed by atoms with Crippen molar-refractivity contribution in [2.75, 3.05) is 11.1 Å². The summed E-state index contributed by atoms with van der Waals surface area (Å²) in [6, 6.07) is 7.37. The number of hydrogen-bond donors (Lipinski definition) is 5. The fourth-order valence-electron chi connectivity index (χ4n) is 1.80. The number of amides is 1. The number of nitrogens with zero attached hydrogens (tertiary/aromatic N) is 1. The summed E-state index contributed by atoms with van der Waals surface area (Å²) >= 11 is -1.19. The number of phenols is 1. The Labute approximate surface area is 152 Å². The molecule has 2 aromatic rings. The van der Waals surface area contributed by atoms with Gasteiger partial charge in [0.05, 0.1) is 0 Å². The fourth-order valence-corrected chi connectivity index (χ4v) is 3.55. The van der Waals surface area contributed by atoms with E-state index in [4.69, 9.17) is 8.19 Å². The molecule has 1 aromatic carbocycles. The first-order valence-electron chi connectivity index (χ1n) is 7.09. The maximum atomic E-state index is 11.1. The van der Waals surface area contributed by atoms with Gasteiger partial charge >= 0.3 is 88.1 Å². The topological polar surface area (TPSA) is 129 Å². The van der Waals surface area contributed by atoms with Crippen LogP contribution in [0.2, 0.25) is 0 Å². The van der Waals surface area contributed by atoms with Gasteiger partial charge in [0.25, 0.3) is 0 Å². The normalized spacial score (nSPS) is 10.6. The number of anilines is 1. The number of benzene rings is 1. The van der Waals surface area contributed by atoms with Gasteiger partial charge in [0.1, 0.15) is 0 Å². The van der Waals surface area contributed by atoms with Crippen LogP contribution in [0.15, 0.2) is 42.7 Å². The van der Waals surface area contributed by atoms with Crippen molar-refractivity contribution in [3.05, 3.63) is 42.7 Å². The van der Waals surface area contributed by atoms with E-state index in [-0.39, 0.29) is 21.7 Å². The number of aromatic hydroxyl groups is 1. The Balaban J connectivity index is 0.000000271. The Hall–Kier alpha value is -1.93. The molecule has 0 saturated heterocycles. The number of phenolic OH excluding ortho intramolecular Hbond substituents is 1. The van der Waals surface area contributed by atoms with E-state index in [0.29, 0.717) is 12.2 Å². The molecule has 1 heterocycles. The second kappa shape index (κ2) is 9.53. The predicted octanol–water partition coefficient (Wildman–Crippen LogP) is 0.360. The molecule has 0 bridgehead atoms. The quantitative estimate of drug-likeness (QED) is 0.271. The van der Waals surface area contributed by atoms with E-state index in [0.717, 1.165) is 0 Å². The third-order valence-electron chi connectivity index (χ3n) is 2.85. The number of aromatic nitrogens is 1. The van der Waals surface area contributed by atoms with E-state index in [2.05, 4.69) is 17.9 Å². The van der Waals surface area contributed by atoms with Crippen LogP contribution < -0.4 is 9.67 Å². The van der Waals surface area contributed by atoms with Crippen LogP contribution in [-0.4, -0.2) is 49.6 Å². The number of hydrogen-bond acceptors (Lipinski definition) is 5. The van der Waals surface area contributed by atoms with E-state index in [9.17, 15) is 18.4 Å². The van der Waals surface area contributed by atoms with Crippen molar-refractivity contribution >= 4 is 48.7 Å². The summed E-state index contributed by atoms with van der Waals surface area (Å²) in [6.07, 6.45) is 3.98. The SMILES string of the molecule is CC(=O)Nc1c(O)cccc1[As](=O)(O)O.O=C(CCS)n1cccc1. The number of nitrogens with one attached hydrogen (secondary N) is 1. The zero-order chi connectivity index (χ0) is 19.0. The van der Waals surface area contributed by atoms with Crippen molar-refractivity contribution in [3.8, 4) is 5.75 Å². The average molecular weight is 430 g/mol. The van der Waals surface area contributed by atoms with Crippen molar-refractivity contribution in [3.63, 3.8) is 0 Å². The Bertz CT molecular complexity index is 772. The molecule has 2 rings (SSSR count). The number of carbonyl (C=O) groups excluding carboxylic acids is 2. The van der Waals surface area contributed by atoms with Gasteiger partial charge in [-0.25, -0.2) is 0 Å². The average Bonchev–Trinajstić information content (AvgIpc) is 3.03. The number of thiol groups is 1. The molecular formula is C15H19AsN2O6S. The van der Waals surface area contributed by atoms with Gasteiger partial charge in [-0.2, -0.15) is 12.6 Å². The van der Waals surface area contributed by atoms with Crippen LogP contribution in [0.1, 0.15) is 18.1 Å². The fraction of sp³-hybridized carbons (Fsp3) is 0.200. The van der Waals surface area contributed by atoms with Gasteiger partial charge in [0.2, 0.25) is 5.91 Å². The van der Waals surface area contributed by atoms with Crippen LogP contribution in [0, 0.1) is 0 Å². The summed E-state index contributed by atoms with van der Waals surface area (Å²) in [5, 5.41) is 11.5. The van der Waals surface area contributed by atoms with E-state index in [1.807, 2.05) is 12.1 Å². The number of carbonyl (C=O) groups is 2. The second-order valence-corrected chi connectivity index (χ2v) is 8.60. The van der Waals surface area contributed by atoms with Crippen molar-refractivity contribution in [1.82, 2.24) is 4.57 Å². The van der Waals surface area contributed by atoms with Crippen LogP contribution >= 0.6 is 12.6 Å². The maximum Gasteiger partial charge on any atom is 0.231 e. The van der Waals surface area contributed by atoms with Crippen LogP contribution in [-0.2, 0) is 8.53 Å². The molecule has 136 valence electrons. The number of rotatable bonds is 4. The first kappa shape index (κ1) is 21.1. The minimum Gasteiger partial charge on any atom is -0.295 e. The Kier molecular flexibility index (Phi) is 8.04. The van der Waals surface area contributed by atoms with Crippen LogP contribution in [0.3, 0.4) is 0 Å². The molecule has 4 N–H and O–H groups in total. The van der Waals surface area contributed by atoms with Crippen LogP contribution in [0.5, 0.6) is 5.75 Å².